The number of amides is 2. The molecule has 1 aliphatic carbocycles. The monoisotopic (exact) mass is 473 g/mol. The summed E-state index contributed by atoms with van der Waals surface area (Å²) in [7, 11) is 0. The number of benzene rings is 1. The maximum absolute atomic E-state index is 13.3. The number of rotatable bonds is 8. The first kappa shape index (κ1) is 23.4. The molecule has 176 valence electrons. The Morgan fingerprint density at radius 2 is 1.82 bits per heavy atom. The van der Waals surface area contributed by atoms with E-state index in [-0.39, 0.29) is 42.3 Å². The zero-order valence-electron chi connectivity index (χ0n) is 18.6. The predicted octanol–water partition coefficient (Wildman–Crippen LogP) is 3.66. The average molecular weight is 474 g/mol. The molecule has 2 N–H and O–H groups in total. The van der Waals surface area contributed by atoms with Crippen LogP contribution in [0.4, 0.5) is 9.39 Å². The van der Waals surface area contributed by atoms with Crippen LogP contribution < -0.4 is 10.6 Å². The number of hydrogen-bond donors (Lipinski definition) is 2. The van der Waals surface area contributed by atoms with Crippen LogP contribution in [-0.2, 0) is 14.3 Å². The second-order valence-electron chi connectivity index (χ2n) is 8.46. The summed E-state index contributed by atoms with van der Waals surface area (Å²) in [6.45, 7) is 3.45. The second kappa shape index (κ2) is 10.4. The van der Waals surface area contributed by atoms with E-state index in [4.69, 9.17) is 4.74 Å². The number of nitrogens with one attached hydrogen (secondary N) is 2. The molecule has 1 aromatic heterocycles. The Bertz CT molecular complexity index is 1010. The van der Waals surface area contributed by atoms with E-state index in [9.17, 15) is 18.8 Å². The van der Waals surface area contributed by atoms with Crippen LogP contribution in [0.25, 0.3) is 11.1 Å². The predicted molar refractivity (Wildman–Crippen MR) is 125 cm³/mol. The van der Waals surface area contributed by atoms with Crippen molar-refractivity contribution in [3.05, 3.63) is 41.0 Å². The van der Waals surface area contributed by atoms with Gasteiger partial charge < -0.3 is 15.4 Å². The summed E-state index contributed by atoms with van der Waals surface area (Å²) < 4.78 is 18.5. The van der Waals surface area contributed by atoms with Crippen molar-refractivity contribution >= 4 is 34.1 Å². The number of ether oxygens (including phenoxy) is 1. The number of hydrogen-bond acceptors (Lipinski definition) is 6. The summed E-state index contributed by atoms with van der Waals surface area (Å²) >= 11 is 1.24. The number of carbonyl (C=O) groups is 3. The Kier molecular flexibility index (Phi) is 7.39. The summed E-state index contributed by atoms with van der Waals surface area (Å²) in [4.78, 5) is 39.7. The lowest BCUT2D eigenvalue weighted by Crippen LogP contribution is -2.43. The van der Waals surface area contributed by atoms with Crippen LogP contribution >= 0.6 is 11.3 Å². The van der Waals surface area contributed by atoms with Crippen molar-refractivity contribution in [3.8, 4) is 11.1 Å². The molecule has 1 saturated heterocycles. The minimum absolute atomic E-state index is 0.0101. The van der Waals surface area contributed by atoms with Crippen LogP contribution in [0.15, 0.2) is 29.6 Å². The molecule has 2 aliphatic rings. The van der Waals surface area contributed by atoms with E-state index in [2.05, 4.69) is 10.6 Å². The molecule has 33 heavy (non-hydrogen) atoms. The standard InChI is InChI=1S/C24H28FN3O4S/c1-2-32-24(31)21-19(15-3-5-17(25)6-4-15)14-33-23(21)27-20(29)13-28-11-9-16(10-12-28)22(30)26-18-7-8-18/h3-6,14,16,18H,2,7-13H2,1H3,(H,26,30)(H,27,29). The van der Waals surface area contributed by atoms with Crippen molar-refractivity contribution in [2.24, 2.45) is 5.92 Å². The summed E-state index contributed by atoms with van der Waals surface area (Å²) in [5.74, 6) is -0.984. The molecule has 1 aliphatic heterocycles. The molecule has 1 saturated carbocycles. The summed E-state index contributed by atoms with van der Waals surface area (Å²) in [6.07, 6.45) is 3.61. The number of piperidine rings is 1. The molecule has 0 radical (unpaired) electrons. The van der Waals surface area contributed by atoms with E-state index >= 15 is 0 Å². The van der Waals surface area contributed by atoms with Gasteiger partial charge in [0, 0.05) is 22.9 Å². The lowest BCUT2D eigenvalue weighted by atomic mass is 9.96. The fourth-order valence-corrected chi connectivity index (χ4v) is 4.94. The fraction of sp³-hybridized carbons (Fsp3) is 0.458. The van der Waals surface area contributed by atoms with Gasteiger partial charge in [0.05, 0.1) is 13.2 Å². The lowest BCUT2D eigenvalue weighted by molar-refractivity contribution is -0.126. The van der Waals surface area contributed by atoms with Gasteiger partial charge in [-0.15, -0.1) is 11.3 Å². The van der Waals surface area contributed by atoms with E-state index in [1.165, 1.54) is 23.5 Å². The summed E-state index contributed by atoms with van der Waals surface area (Å²) in [6, 6.07) is 6.20. The lowest BCUT2D eigenvalue weighted by Gasteiger charge is -2.30. The van der Waals surface area contributed by atoms with Crippen LogP contribution in [0, 0.1) is 11.7 Å². The highest BCUT2D eigenvalue weighted by Crippen LogP contribution is 2.36. The zero-order valence-corrected chi connectivity index (χ0v) is 19.4. The molecule has 2 heterocycles. The third kappa shape index (κ3) is 5.97. The minimum atomic E-state index is -0.532. The zero-order chi connectivity index (χ0) is 23.4. The molecule has 2 amide bonds. The average Bonchev–Trinajstić information content (AvgIpc) is 3.52. The maximum atomic E-state index is 13.3. The molecule has 4 rings (SSSR count). The molecular weight excluding hydrogens is 445 g/mol. The third-order valence-electron chi connectivity index (χ3n) is 5.93. The van der Waals surface area contributed by atoms with Crippen molar-refractivity contribution < 1.29 is 23.5 Å². The quantitative estimate of drug-likeness (QED) is 0.572. The molecule has 2 aromatic rings. The molecule has 1 aromatic carbocycles. The van der Waals surface area contributed by atoms with Gasteiger partial charge in [0.25, 0.3) is 0 Å². The second-order valence-corrected chi connectivity index (χ2v) is 9.34. The number of carbonyl (C=O) groups excluding carboxylic acids is 3. The first-order valence-corrected chi connectivity index (χ1v) is 12.2. The van der Waals surface area contributed by atoms with E-state index < -0.39 is 5.97 Å². The van der Waals surface area contributed by atoms with Gasteiger partial charge in [-0.2, -0.15) is 0 Å². The van der Waals surface area contributed by atoms with E-state index in [0.29, 0.717) is 35.3 Å². The largest absolute Gasteiger partial charge is 0.462 e. The van der Waals surface area contributed by atoms with Crippen molar-refractivity contribution in [2.75, 3.05) is 31.6 Å². The number of anilines is 1. The van der Waals surface area contributed by atoms with Gasteiger partial charge in [-0.1, -0.05) is 12.1 Å². The minimum Gasteiger partial charge on any atom is -0.462 e. The van der Waals surface area contributed by atoms with Crippen molar-refractivity contribution in [1.82, 2.24) is 10.2 Å². The smallest absolute Gasteiger partial charge is 0.341 e. The molecule has 7 nitrogen and oxygen atoms in total. The third-order valence-corrected chi connectivity index (χ3v) is 6.82. The highest BCUT2D eigenvalue weighted by molar-refractivity contribution is 7.15. The molecule has 0 atom stereocenters. The number of nitrogens with zero attached hydrogens (tertiary/aromatic N) is 1. The SMILES string of the molecule is CCOC(=O)c1c(-c2ccc(F)cc2)csc1NC(=O)CN1CCC(C(=O)NC2CC2)CC1. The Hall–Kier alpha value is -2.78. The molecular formula is C24H28FN3O4S. The van der Waals surface area contributed by atoms with E-state index in [0.717, 1.165) is 25.7 Å². The molecule has 9 heteroatoms. The number of likely N-dealkylation sites (tertiary alicyclic amines) is 1. The molecule has 0 spiro atoms. The Balaban J connectivity index is 1.38. The maximum Gasteiger partial charge on any atom is 0.341 e. The van der Waals surface area contributed by atoms with Crippen LogP contribution in [0.5, 0.6) is 0 Å². The van der Waals surface area contributed by atoms with Crippen LogP contribution in [0.1, 0.15) is 43.0 Å². The van der Waals surface area contributed by atoms with E-state index in [1.807, 2.05) is 4.90 Å². The highest BCUT2D eigenvalue weighted by Gasteiger charge is 2.30. The van der Waals surface area contributed by atoms with Gasteiger partial charge in [0.1, 0.15) is 16.4 Å². The van der Waals surface area contributed by atoms with Crippen LogP contribution in [0.2, 0.25) is 0 Å². The molecule has 0 bridgehead atoms. The van der Waals surface area contributed by atoms with Gasteiger partial charge in [0.2, 0.25) is 11.8 Å². The summed E-state index contributed by atoms with van der Waals surface area (Å²) in [5, 5.41) is 8.09. The normalized spacial score (nSPS) is 16.9. The first-order valence-electron chi connectivity index (χ1n) is 11.3. The first-order chi connectivity index (χ1) is 15.9. The van der Waals surface area contributed by atoms with Crippen LogP contribution in [-0.4, -0.2) is 55.0 Å². The Labute approximate surface area is 196 Å². The van der Waals surface area contributed by atoms with Gasteiger partial charge in [0.15, 0.2) is 0 Å². The van der Waals surface area contributed by atoms with Crippen molar-refractivity contribution in [3.63, 3.8) is 0 Å². The number of halogens is 1. The number of thiophene rings is 1. The highest BCUT2D eigenvalue weighted by atomic mass is 32.1. The van der Waals surface area contributed by atoms with Gasteiger partial charge in [-0.25, -0.2) is 9.18 Å². The summed E-state index contributed by atoms with van der Waals surface area (Å²) in [5.41, 5.74) is 1.54. The van der Waals surface area contributed by atoms with Gasteiger partial charge >= 0.3 is 5.97 Å². The molecule has 2 fully saturated rings. The topological polar surface area (TPSA) is 87.7 Å². The fourth-order valence-electron chi connectivity index (χ4n) is 3.97. The van der Waals surface area contributed by atoms with Crippen LogP contribution in [0.3, 0.4) is 0 Å². The van der Waals surface area contributed by atoms with Gasteiger partial charge in [-0.05, 0) is 63.4 Å². The number of esters is 1. The van der Waals surface area contributed by atoms with Crippen molar-refractivity contribution in [2.45, 2.75) is 38.6 Å². The Morgan fingerprint density at radius 3 is 2.45 bits per heavy atom. The Morgan fingerprint density at radius 1 is 1.12 bits per heavy atom. The molecule has 0 unspecified atom stereocenters. The van der Waals surface area contributed by atoms with Gasteiger partial charge in [-0.3, -0.25) is 14.5 Å². The van der Waals surface area contributed by atoms with Crippen molar-refractivity contribution in [1.29, 1.82) is 0 Å². The van der Waals surface area contributed by atoms with E-state index in [1.54, 1.807) is 24.4 Å².